The Morgan fingerprint density at radius 1 is 1.24 bits per heavy atom. The van der Waals surface area contributed by atoms with Crippen molar-refractivity contribution in [3.05, 3.63) is 11.1 Å². The third-order valence-corrected chi connectivity index (χ3v) is 3.88. The number of thiazole rings is 1. The van der Waals surface area contributed by atoms with Gasteiger partial charge in [-0.05, 0) is 34.6 Å². The van der Waals surface area contributed by atoms with Gasteiger partial charge in [-0.2, -0.15) is 0 Å². The number of aromatic nitrogens is 1. The summed E-state index contributed by atoms with van der Waals surface area (Å²) in [6, 6.07) is 1.79. The molecule has 2 aromatic rings. The number of rotatable bonds is 6. The molecule has 116 valence electrons. The first kappa shape index (κ1) is 16.2. The van der Waals surface area contributed by atoms with Crippen LogP contribution in [0.4, 0.5) is 5.13 Å². The largest absolute Gasteiger partial charge is 0.489 e. The maximum absolute atomic E-state index is 6.38. The lowest BCUT2D eigenvalue weighted by molar-refractivity contribution is 0.239. The van der Waals surface area contributed by atoms with Gasteiger partial charge in [-0.1, -0.05) is 22.9 Å². The maximum Gasteiger partial charge on any atom is 0.184 e. The van der Waals surface area contributed by atoms with E-state index in [0.29, 0.717) is 16.5 Å². The molecule has 0 radical (unpaired) electrons. The Balaban J connectivity index is 2.60. The summed E-state index contributed by atoms with van der Waals surface area (Å²) in [6.07, 6.45) is 0.109. The molecule has 0 unspecified atom stereocenters. The zero-order valence-corrected chi connectivity index (χ0v) is 14.6. The van der Waals surface area contributed by atoms with Crippen LogP contribution in [0.2, 0.25) is 5.02 Å². The minimum atomic E-state index is 0.0484. The van der Waals surface area contributed by atoms with Gasteiger partial charge in [0.2, 0.25) is 0 Å². The van der Waals surface area contributed by atoms with Gasteiger partial charge in [-0.25, -0.2) is 4.98 Å². The fourth-order valence-electron chi connectivity index (χ4n) is 1.91. The van der Waals surface area contributed by atoms with Gasteiger partial charge in [0.1, 0.15) is 16.0 Å². The molecule has 0 saturated heterocycles. The third kappa shape index (κ3) is 3.71. The van der Waals surface area contributed by atoms with E-state index >= 15 is 0 Å². The molecular weight excluding hydrogens is 308 g/mol. The monoisotopic (exact) mass is 328 g/mol. The van der Waals surface area contributed by atoms with E-state index < -0.39 is 0 Å². The van der Waals surface area contributed by atoms with Gasteiger partial charge >= 0.3 is 0 Å². The summed E-state index contributed by atoms with van der Waals surface area (Å²) in [5, 5.41) is 4.63. The minimum Gasteiger partial charge on any atom is -0.489 e. The van der Waals surface area contributed by atoms with Crippen molar-refractivity contribution < 1.29 is 9.47 Å². The summed E-state index contributed by atoms with van der Waals surface area (Å²) in [4.78, 5) is 4.61. The van der Waals surface area contributed by atoms with Crippen molar-refractivity contribution in [2.75, 3.05) is 11.9 Å². The second-order valence-electron chi connectivity index (χ2n) is 5.25. The number of benzene rings is 1. The summed E-state index contributed by atoms with van der Waals surface area (Å²) in [6.45, 7) is 10.8. The first-order valence-corrected chi connectivity index (χ1v) is 8.32. The van der Waals surface area contributed by atoms with Crippen molar-refractivity contribution in [2.45, 2.75) is 46.8 Å². The van der Waals surface area contributed by atoms with E-state index in [4.69, 9.17) is 21.1 Å². The molecule has 0 amide bonds. The Bertz CT molecular complexity index is 626. The fraction of sp³-hybridized carbons (Fsp3) is 0.533. The van der Waals surface area contributed by atoms with Crippen LogP contribution < -0.4 is 14.8 Å². The Morgan fingerprint density at radius 2 is 1.90 bits per heavy atom. The minimum absolute atomic E-state index is 0.0484. The fourth-order valence-corrected chi connectivity index (χ4v) is 3.25. The van der Waals surface area contributed by atoms with E-state index in [1.165, 1.54) is 11.3 Å². The lowest BCUT2D eigenvalue weighted by Crippen LogP contribution is -2.08. The number of nitrogens with one attached hydrogen (secondary N) is 1. The molecule has 0 aliphatic rings. The Hall–Kier alpha value is -1.20. The van der Waals surface area contributed by atoms with E-state index in [9.17, 15) is 0 Å². The van der Waals surface area contributed by atoms with Crippen molar-refractivity contribution >= 4 is 38.3 Å². The Kier molecular flexibility index (Phi) is 5.17. The van der Waals surface area contributed by atoms with Gasteiger partial charge in [0.15, 0.2) is 10.9 Å². The smallest absolute Gasteiger partial charge is 0.184 e. The molecule has 2 rings (SSSR count). The summed E-state index contributed by atoms with van der Waals surface area (Å²) < 4.78 is 12.6. The van der Waals surface area contributed by atoms with Crippen molar-refractivity contribution in [3.63, 3.8) is 0 Å². The van der Waals surface area contributed by atoms with E-state index in [-0.39, 0.29) is 12.2 Å². The molecule has 0 atom stereocenters. The Morgan fingerprint density at radius 3 is 2.48 bits per heavy atom. The van der Waals surface area contributed by atoms with Crippen LogP contribution in [0.3, 0.4) is 0 Å². The second kappa shape index (κ2) is 6.71. The van der Waals surface area contributed by atoms with Crippen LogP contribution >= 0.6 is 22.9 Å². The van der Waals surface area contributed by atoms with Gasteiger partial charge < -0.3 is 14.8 Å². The van der Waals surface area contributed by atoms with E-state index in [0.717, 1.165) is 21.9 Å². The first-order valence-electron chi connectivity index (χ1n) is 7.12. The highest BCUT2D eigenvalue weighted by molar-refractivity contribution is 7.22. The number of hydrogen-bond donors (Lipinski definition) is 1. The summed E-state index contributed by atoms with van der Waals surface area (Å²) in [7, 11) is 0. The molecule has 0 aliphatic heterocycles. The maximum atomic E-state index is 6.38. The number of halogens is 1. The number of fused-ring (bicyclic) bond motifs is 1. The van der Waals surface area contributed by atoms with E-state index in [1.807, 2.05) is 34.6 Å². The highest BCUT2D eigenvalue weighted by Crippen LogP contribution is 2.44. The third-order valence-electron chi connectivity index (χ3n) is 2.59. The molecule has 1 aromatic carbocycles. The molecule has 21 heavy (non-hydrogen) atoms. The van der Waals surface area contributed by atoms with E-state index in [1.54, 1.807) is 6.07 Å². The lowest BCUT2D eigenvalue weighted by atomic mass is 10.2. The molecule has 0 fully saturated rings. The number of hydrogen-bond acceptors (Lipinski definition) is 5. The molecular formula is C15H21ClN2O2S. The van der Waals surface area contributed by atoms with Crippen molar-refractivity contribution in [1.82, 2.24) is 4.98 Å². The number of nitrogens with zero attached hydrogens (tertiary/aromatic N) is 1. The SMILES string of the molecule is CCNc1nc2c(OC(C)C)cc(Cl)c(OC(C)C)c2s1. The van der Waals surface area contributed by atoms with Crippen LogP contribution in [0.1, 0.15) is 34.6 Å². The van der Waals surface area contributed by atoms with E-state index in [2.05, 4.69) is 10.3 Å². The molecule has 0 saturated carbocycles. The Labute approximate surface area is 134 Å². The van der Waals surface area contributed by atoms with Gasteiger partial charge in [0.05, 0.1) is 17.2 Å². The van der Waals surface area contributed by atoms with Crippen LogP contribution in [-0.2, 0) is 0 Å². The molecule has 1 aromatic heterocycles. The highest BCUT2D eigenvalue weighted by atomic mass is 35.5. The van der Waals surface area contributed by atoms with Gasteiger partial charge in [0.25, 0.3) is 0 Å². The molecule has 0 bridgehead atoms. The normalized spacial score (nSPS) is 11.4. The average Bonchev–Trinajstić information content (AvgIpc) is 2.77. The summed E-state index contributed by atoms with van der Waals surface area (Å²) in [5.41, 5.74) is 0.796. The average molecular weight is 329 g/mol. The topological polar surface area (TPSA) is 43.4 Å². The van der Waals surface area contributed by atoms with Gasteiger partial charge in [-0.3, -0.25) is 0 Å². The molecule has 4 nitrogen and oxygen atoms in total. The summed E-state index contributed by atoms with van der Waals surface area (Å²) >= 11 is 7.91. The van der Waals surface area contributed by atoms with Gasteiger partial charge in [0, 0.05) is 12.6 Å². The van der Waals surface area contributed by atoms with Crippen molar-refractivity contribution in [3.8, 4) is 11.5 Å². The molecule has 1 heterocycles. The lowest BCUT2D eigenvalue weighted by Gasteiger charge is -2.15. The van der Waals surface area contributed by atoms with Gasteiger partial charge in [-0.15, -0.1) is 0 Å². The van der Waals surface area contributed by atoms with Crippen molar-refractivity contribution in [1.29, 1.82) is 0 Å². The molecule has 6 heteroatoms. The first-order chi connectivity index (χ1) is 9.92. The predicted octanol–water partition coefficient (Wildman–Crippen LogP) is 4.96. The quantitative estimate of drug-likeness (QED) is 0.814. The second-order valence-corrected chi connectivity index (χ2v) is 6.65. The van der Waals surface area contributed by atoms with Crippen LogP contribution in [0, 0.1) is 0 Å². The zero-order valence-electron chi connectivity index (χ0n) is 13.0. The summed E-state index contributed by atoms with van der Waals surface area (Å²) in [5.74, 6) is 1.38. The van der Waals surface area contributed by atoms with Crippen LogP contribution in [-0.4, -0.2) is 23.7 Å². The molecule has 1 N–H and O–H groups in total. The molecule has 0 spiro atoms. The van der Waals surface area contributed by atoms with Crippen molar-refractivity contribution in [2.24, 2.45) is 0 Å². The zero-order chi connectivity index (χ0) is 15.6. The predicted molar refractivity (Wildman–Crippen MR) is 90.3 cm³/mol. The highest BCUT2D eigenvalue weighted by Gasteiger charge is 2.19. The number of anilines is 1. The molecule has 0 aliphatic carbocycles. The van der Waals surface area contributed by atoms with Crippen LogP contribution in [0.25, 0.3) is 10.2 Å². The number of ether oxygens (including phenoxy) is 2. The van der Waals surface area contributed by atoms with Crippen LogP contribution in [0.15, 0.2) is 6.07 Å². The standard InChI is InChI=1S/C15H21ClN2O2S/c1-6-17-15-18-12-11(19-8(2)3)7-10(16)13(14(12)21-15)20-9(4)5/h7-9H,6H2,1-5H3,(H,17,18). The van der Waals surface area contributed by atoms with Crippen LogP contribution in [0.5, 0.6) is 11.5 Å².